The molecule has 4 rings (SSSR count). The zero-order chi connectivity index (χ0) is 22.7. The van der Waals surface area contributed by atoms with E-state index >= 15 is 0 Å². The number of fused-ring (bicyclic) bond motifs is 1. The number of carbonyl (C=O) groups excluding carboxylic acids is 4. The fraction of sp³-hybridized carbons (Fsp3) is 0.333. The van der Waals surface area contributed by atoms with E-state index < -0.39 is 17.6 Å². The topological polar surface area (TPSA) is 102 Å². The average molecular weight is 436 g/mol. The second-order valence-electron chi connectivity index (χ2n) is 8.09. The first kappa shape index (κ1) is 21.5. The Balaban J connectivity index is 1.36. The fourth-order valence-electron chi connectivity index (χ4n) is 4.19. The average Bonchev–Trinajstić information content (AvgIpc) is 3.41. The number of hydrogen-bond acceptors (Lipinski definition) is 6. The Kier molecular flexibility index (Phi) is 5.94. The van der Waals surface area contributed by atoms with Gasteiger partial charge in [0.25, 0.3) is 11.8 Å². The molecule has 0 unspecified atom stereocenters. The number of nitrogens with zero attached hydrogens (tertiary/aromatic N) is 1. The number of imide groups is 1. The summed E-state index contributed by atoms with van der Waals surface area (Å²) in [7, 11) is 1.29. The number of esters is 1. The van der Waals surface area contributed by atoms with Crippen LogP contribution in [0.2, 0.25) is 0 Å². The SMILES string of the molecule is COC(=O)C[C@@]1(NC(=O)OCc2ccccc2)C[C@H]1CCN1C(=O)c2ccccc2C1=O. The van der Waals surface area contributed by atoms with Gasteiger partial charge < -0.3 is 14.8 Å². The number of carbonyl (C=O) groups is 4. The molecule has 0 aromatic heterocycles. The van der Waals surface area contributed by atoms with Gasteiger partial charge in [-0.25, -0.2) is 4.79 Å². The summed E-state index contributed by atoms with van der Waals surface area (Å²) in [5.74, 6) is -1.17. The van der Waals surface area contributed by atoms with Crippen LogP contribution in [-0.2, 0) is 20.9 Å². The zero-order valence-electron chi connectivity index (χ0n) is 17.7. The van der Waals surface area contributed by atoms with Crippen LogP contribution >= 0.6 is 0 Å². The molecular formula is C24H24N2O6. The van der Waals surface area contributed by atoms with Gasteiger partial charge in [0.05, 0.1) is 30.2 Å². The number of hydrogen-bond donors (Lipinski definition) is 1. The first-order valence-electron chi connectivity index (χ1n) is 10.4. The standard InChI is InChI=1S/C24H24N2O6/c1-31-20(27)14-24(25-23(30)32-15-16-7-3-2-4-8-16)13-17(24)11-12-26-21(28)18-9-5-6-10-19(18)22(26)29/h2-10,17H,11-15H2,1H3,(H,25,30)/t17-,24+/m1/s1. The van der Waals surface area contributed by atoms with Gasteiger partial charge in [0.2, 0.25) is 0 Å². The maximum Gasteiger partial charge on any atom is 0.407 e. The number of ether oxygens (including phenoxy) is 2. The highest BCUT2D eigenvalue weighted by molar-refractivity contribution is 6.21. The first-order valence-corrected chi connectivity index (χ1v) is 10.4. The third kappa shape index (κ3) is 4.34. The zero-order valence-corrected chi connectivity index (χ0v) is 17.7. The third-order valence-electron chi connectivity index (χ3n) is 6.06. The highest BCUT2D eigenvalue weighted by Crippen LogP contribution is 2.49. The third-order valence-corrected chi connectivity index (χ3v) is 6.06. The van der Waals surface area contributed by atoms with Crippen molar-refractivity contribution in [1.82, 2.24) is 10.2 Å². The van der Waals surface area contributed by atoms with Crippen molar-refractivity contribution in [3.63, 3.8) is 0 Å². The molecule has 8 heteroatoms. The van der Waals surface area contributed by atoms with E-state index in [-0.39, 0.29) is 37.3 Å². The lowest BCUT2D eigenvalue weighted by Crippen LogP contribution is -2.41. The molecule has 8 nitrogen and oxygen atoms in total. The maximum atomic E-state index is 12.6. The highest BCUT2D eigenvalue weighted by atomic mass is 16.5. The number of nitrogens with one attached hydrogen (secondary N) is 1. The summed E-state index contributed by atoms with van der Waals surface area (Å²) in [6.07, 6.45) is 0.366. The quantitative estimate of drug-likeness (QED) is 0.504. The lowest BCUT2D eigenvalue weighted by molar-refractivity contribution is -0.141. The van der Waals surface area contributed by atoms with E-state index in [0.717, 1.165) is 5.56 Å². The summed E-state index contributed by atoms with van der Waals surface area (Å²) in [4.78, 5) is 50.7. The molecule has 166 valence electrons. The van der Waals surface area contributed by atoms with Gasteiger partial charge >= 0.3 is 12.1 Å². The smallest absolute Gasteiger partial charge is 0.407 e. The summed E-state index contributed by atoms with van der Waals surface area (Å²) in [5.41, 5.74) is 0.843. The summed E-state index contributed by atoms with van der Waals surface area (Å²) in [5, 5.41) is 2.82. The summed E-state index contributed by atoms with van der Waals surface area (Å²) in [6.45, 7) is 0.321. The highest BCUT2D eigenvalue weighted by Gasteiger charge is 2.57. The van der Waals surface area contributed by atoms with Crippen LogP contribution in [0.25, 0.3) is 0 Å². The molecule has 0 bridgehead atoms. The number of rotatable bonds is 8. The largest absolute Gasteiger partial charge is 0.469 e. The molecular weight excluding hydrogens is 412 g/mol. The normalized spacial score (nSPS) is 21.2. The van der Waals surface area contributed by atoms with E-state index in [1.165, 1.54) is 12.0 Å². The molecule has 0 saturated heterocycles. The predicted molar refractivity (Wildman–Crippen MR) is 114 cm³/mol. The van der Waals surface area contributed by atoms with E-state index in [4.69, 9.17) is 9.47 Å². The first-order chi connectivity index (χ1) is 15.4. The van der Waals surface area contributed by atoms with Crippen molar-refractivity contribution in [2.75, 3.05) is 13.7 Å². The van der Waals surface area contributed by atoms with E-state index in [1.54, 1.807) is 24.3 Å². The van der Waals surface area contributed by atoms with Crippen LogP contribution in [0.4, 0.5) is 4.79 Å². The molecule has 1 saturated carbocycles. The Hall–Kier alpha value is -3.68. The molecule has 2 aliphatic rings. The molecule has 1 aliphatic carbocycles. The molecule has 2 atom stereocenters. The Morgan fingerprint density at radius 2 is 1.66 bits per heavy atom. The molecule has 32 heavy (non-hydrogen) atoms. The Morgan fingerprint density at radius 1 is 1.03 bits per heavy atom. The van der Waals surface area contributed by atoms with Gasteiger partial charge in [0, 0.05) is 6.54 Å². The van der Waals surface area contributed by atoms with E-state index in [9.17, 15) is 19.2 Å². The van der Waals surface area contributed by atoms with Gasteiger partial charge in [-0.15, -0.1) is 0 Å². The van der Waals surface area contributed by atoms with Gasteiger partial charge in [-0.1, -0.05) is 42.5 Å². The van der Waals surface area contributed by atoms with E-state index in [0.29, 0.717) is 24.0 Å². The molecule has 1 heterocycles. The monoisotopic (exact) mass is 436 g/mol. The molecule has 0 spiro atoms. The summed E-state index contributed by atoms with van der Waals surface area (Å²) >= 11 is 0. The number of amides is 3. The molecule has 2 aromatic rings. The predicted octanol–water partition coefficient (Wildman–Crippen LogP) is 2.92. The Bertz CT molecular complexity index is 1020. The number of alkyl carbamates (subject to hydrolysis) is 1. The van der Waals surface area contributed by atoms with Crippen molar-refractivity contribution in [2.45, 2.75) is 31.4 Å². The number of benzene rings is 2. The molecule has 0 radical (unpaired) electrons. The fourth-order valence-corrected chi connectivity index (χ4v) is 4.19. The second kappa shape index (κ2) is 8.82. The van der Waals surface area contributed by atoms with Crippen LogP contribution in [0.1, 0.15) is 45.5 Å². The minimum Gasteiger partial charge on any atom is -0.469 e. The lowest BCUT2D eigenvalue weighted by atomic mass is 10.1. The van der Waals surface area contributed by atoms with Gasteiger partial charge in [-0.3, -0.25) is 19.3 Å². The minimum atomic E-state index is -0.806. The second-order valence-corrected chi connectivity index (χ2v) is 8.09. The maximum absolute atomic E-state index is 12.6. The Labute approximate surface area is 185 Å². The molecule has 1 N–H and O–H groups in total. The van der Waals surface area contributed by atoms with Crippen LogP contribution in [-0.4, -0.2) is 48.0 Å². The van der Waals surface area contributed by atoms with E-state index in [1.807, 2.05) is 30.3 Å². The molecule has 2 aromatic carbocycles. The van der Waals surface area contributed by atoms with Crippen LogP contribution < -0.4 is 5.32 Å². The Morgan fingerprint density at radius 3 is 2.28 bits per heavy atom. The van der Waals surface area contributed by atoms with Crippen molar-refractivity contribution in [3.8, 4) is 0 Å². The van der Waals surface area contributed by atoms with Crippen LogP contribution in [0.15, 0.2) is 54.6 Å². The van der Waals surface area contributed by atoms with Gasteiger partial charge in [0.15, 0.2) is 0 Å². The number of methoxy groups -OCH3 is 1. The van der Waals surface area contributed by atoms with E-state index in [2.05, 4.69) is 5.32 Å². The van der Waals surface area contributed by atoms with Crippen molar-refractivity contribution in [3.05, 3.63) is 71.3 Å². The van der Waals surface area contributed by atoms with Crippen molar-refractivity contribution in [2.24, 2.45) is 5.92 Å². The van der Waals surface area contributed by atoms with Gasteiger partial charge in [-0.2, -0.15) is 0 Å². The van der Waals surface area contributed by atoms with Crippen molar-refractivity contribution < 1.29 is 28.7 Å². The lowest BCUT2D eigenvalue weighted by Gasteiger charge is -2.20. The molecule has 1 aliphatic heterocycles. The van der Waals surface area contributed by atoms with Gasteiger partial charge in [0.1, 0.15) is 6.61 Å². The van der Waals surface area contributed by atoms with Crippen LogP contribution in [0, 0.1) is 5.92 Å². The van der Waals surface area contributed by atoms with Crippen molar-refractivity contribution in [1.29, 1.82) is 0 Å². The van der Waals surface area contributed by atoms with Crippen molar-refractivity contribution >= 4 is 23.9 Å². The van der Waals surface area contributed by atoms with Gasteiger partial charge in [-0.05, 0) is 36.5 Å². The summed E-state index contributed by atoms with van der Waals surface area (Å²) in [6, 6.07) is 16.0. The molecule has 1 fully saturated rings. The summed E-state index contributed by atoms with van der Waals surface area (Å²) < 4.78 is 10.1. The van der Waals surface area contributed by atoms with Crippen LogP contribution in [0.5, 0.6) is 0 Å². The molecule has 3 amide bonds. The van der Waals surface area contributed by atoms with Crippen LogP contribution in [0.3, 0.4) is 0 Å². The minimum absolute atomic E-state index is 0.00325.